The third-order valence-electron chi connectivity index (χ3n) is 3.23. The normalized spacial score (nSPS) is 16.2. The van der Waals surface area contributed by atoms with Crippen LogP contribution in [0.1, 0.15) is 38.4 Å². The number of aliphatic hydroxyl groups is 1. The van der Waals surface area contributed by atoms with Gasteiger partial charge < -0.3 is 15.3 Å². The van der Waals surface area contributed by atoms with E-state index in [1.165, 1.54) is 0 Å². The van der Waals surface area contributed by atoms with Crippen molar-refractivity contribution in [2.45, 2.75) is 38.8 Å². The third kappa shape index (κ3) is 3.01. The summed E-state index contributed by atoms with van der Waals surface area (Å²) in [4.78, 5) is 13.9. The second-order valence-corrected chi connectivity index (χ2v) is 4.75. The van der Waals surface area contributed by atoms with Crippen LogP contribution >= 0.6 is 0 Å². The van der Waals surface area contributed by atoms with Gasteiger partial charge in [0.2, 0.25) is 0 Å². The molecule has 0 heterocycles. The first-order valence-electron chi connectivity index (χ1n) is 6.47. The Bertz CT molecular complexity index is 410. The number of nitrogens with one attached hydrogen (secondary N) is 1. The van der Waals surface area contributed by atoms with E-state index >= 15 is 0 Å². The number of hydrogen-bond acceptors (Lipinski definition) is 2. The molecular formula is C14H20N2O2. The summed E-state index contributed by atoms with van der Waals surface area (Å²) in [5, 5.41) is 12.3. The quantitative estimate of drug-likeness (QED) is 0.860. The molecule has 0 bridgehead atoms. The minimum atomic E-state index is -0.478. The van der Waals surface area contributed by atoms with Crippen molar-refractivity contribution >= 4 is 11.7 Å². The predicted molar refractivity (Wildman–Crippen MR) is 71.5 cm³/mol. The van der Waals surface area contributed by atoms with E-state index in [1.54, 1.807) is 6.92 Å². The number of urea groups is 1. The molecular weight excluding hydrogens is 228 g/mol. The highest BCUT2D eigenvalue weighted by Crippen LogP contribution is 2.27. The van der Waals surface area contributed by atoms with Crippen LogP contribution in [0.15, 0.2) is 24.3 Å². The first kappa shape index (κ1) is 12.9. The van der Waals surface area contributed by atoms with Crippen molar-refractivity contribution in [1.29, 1.82) is 0 Å². The Morgan fingerprint density at radius 1 is 1.44 bits per heavy atom. The van der Waals surface area contributed by atoms with Crippen molar-refractivity contribution in [2.24, 2.45) is 0 Å². The fraction of sp³-hybridized carbons (Fsp3) is 0.500. The van der Waals surface area contributed by atoms with Crippen LogP contribution in [-0.2, 0) is 0 Å². The lowest BCUT2D eigenvalue weighted by molar-refractivity contribution is 0.199. The SMILES string of the molecule is CCN(C(=O)Nc1ccc(C(C)O)cc1)C1CC1. The molecule has 2 rings (SSSR count). The van der Waals surface area contributed by atoms with Gasteiger partial charge in [-0.2, -0.15) is 0 Å². The van der Waals surface area contributed by atoms with Crippen LogP contribution in [-0.4, -0.2) is 28.6 Å². The van der Waals surface area contributed by atoms with E-state index < -0.39 is 6.10 Å². The van der Waals surface area contributed by atoms with Gasteiger partial charge in [0.25, 0.3) is 0 Å². The number of carbonyl (C=O) groups is 1. The molecule has 1 unspecified atom stereocenters. The zero-order chi connectivity index (χ0) is 13.1. The van der Waals surface area contributed by atoms with E-state index in [9.17, 15) is 9.90 Å². The van der Waals surface area contributed by atoms with Gasteiger partial charge in [0, 0.05) is 18.3 Å². The van der Waals surface area contributed by atoms with Crippen LogP contribution in [0, 0.1) is 0 Å². The molecule has 0 radical (unpaired) electrons. The summed E-state index contributed by atoms with van der Waals surface area (Å²) in [6.45, 7) is 4.45. The fourth-order valence-corrected chi connectivity index (χ4v) is 1.99. The van der Waals surface area contributed by atoms with Crippen molar-refractivity contribution in [3.63, 3.8) is 0 Å². The maximum absolute atomic E-state index is 12.0. The Balaban J connectivity index is 1.97. The highest BCUT2D eigenvalue weighted by atomic mass is 16.3. The monoisotopic (exact) mass is 248 g/mol. The molecule has 18 heavy (non-hydrogen) atoms. The van der Waals surface area contributed by atoms with Crippen LogP contribution in [0.4, 0.5) is 10.5 Å². The summed E-state index contributed by atoms with van der Waals surface area (Å²) in [5.41, 5.74) is 1.62. The number of carbonyl (C=O) groups excluding carboxylic acids is 1. The van der Waals surface area contributed by atoms with Gasteiger partial charge in [0.15, 0.2) is 0 Å². The lowest BCUT2D eigenvalue weighted by Crippen LogP contribution is -2.36. The lowest BCUT2D eigenvalue weighted by Gasteiger charge is -2.21. The summed E-state index contributed by atoms with van der Waals surface area (Å²) in [6, 6.07) is 7.68. The second kappa shape index (κ2) is 5.40. The molecule has 0 saturated heterocycles. The van der Waals surface area contributed by atoms with E-state index in [0.29, 0.717) is 6.04 Å². The maximum Gasteiger partial charge on any atom is 0.322 e. The summed E-state index contributed by atoms with van der Waals surface area (Å²) in [7, 11) is 0. The highest BCUT2D eigenvalue weighted by Gasteiger charge is 2.31. The number of aliphatic hydroxyl groups excluding tert-OH is 1. The second-order valence-electron chi connectivity index (χ2n) is 4.75. The van der Waals surface area contributed by atoms with Gasteiger partial charge >= 0.3 is 6.03 Å². The number of anilines is 1. The van der Waals surface area contributed by atoms with Crippen molar-refractivity contribution in [3.8, 4) is 0 Å². The van der Waals surface area contributed by atoms with E-state index in [2.05, 4.69) is 5.32 Å². The van der Waals surface area contributed by atoms with E-state index in [0.717, 1.165) is 30.6 Å². The van der Waals surface area contributed by atoms with Gasteiger partial charge in [0.1, 0.15) is 0 Å². The van der Waals surface area contributed by atoms with E-state index in [1.807, 2.05) is 36.1 Å². The number of amides is 2. The predicted octanol–water partition coefficient (Wildman–Crippen LogP) is 2.76. The standard InChI is InChI=1S/C14H20N2O2/c1-3-16(13-8-9-13)14(18)15-12-6-4-11(5-7-12)10(2)17/h4-7,10,13,17H,3,8-9H2,1-2H3,(H,15,18). The summed E-state index contributed by atoms with van der Waals surface area (Å²) < 4.78 is 0. The first-order chi connectivity index (χ1) is 8.61. The fourth-order valence-electron chi connectivity index (χ4n) is 1.99. The first-order valence-corrected chi connectivity index (χ1v) is 6.47. The molecule has 0 aliphatic heterocycles. The molecule has 98 valence electrons. The van der Waals surface area contributed by atoms with Crippen molar-refractivity contribution in [2.75, 3.05) is 11.9 Å². The number of hydrogen-bond donors (Lipinski definition) is 2. The van der Waals surface area contributed by atoms with Crippen LogP contribution < -0.4 is 5.32 Å². The van der Waals surface area contributed by atoms with Crippen molar-refractivity contribution in [1.82, 2.24) is 4.90 Å². The molecule has 1 atom stereocenters. The minimum absolute atomic E-state index is 0.0372. The average molecular weight is 248 g/mol. The molecule has 1 aliphatic rings. The van der Waals surface area contributed by atoms with Crippen LogP contribution in [0.2, 0.25) is 0 Å². The summed E-state index contributed by atoms with van der Waals surface area (Å²) in [6.07, 6.45) is 1.75. The minimum Gasteiger partial charge on any atom is -0.389 e. The van der Waals surface area contributed by atoms with Gasteiger partial charge in [0.05, 0.1) is 6.10 Å². The smallest absolute Gasteiger partial charge is 0.322 e. The molecule has 1 saturated carbocycles. The maximum atomic E-state index is 12.0. The Morgan fingerprint density at radius 2 is 2.06 bits per heavy atom. The summed E-state index contributed by atoms with van der Waals surface area (Å²) >= 11 is 0. The molecule has 0 aromatic heterocycles. The molecule has 1 fully saturated rings. The molecule has 4 heteroatoms. The number of nitrogens with zero attached hydrogens (tertiary/aromatic N) is 1. The van der Waals surface area contributed by atoms with E-state index in [4.69, 9.17) is 0 Å². The molecule has 0 spiro atoms. The van der Waals surface area contributed by atoms with Crippen LogP contribution in [0.3, 0.4) is 0 Å². The molecule has 2 amide bonds. The zero-order valence-corrected chi connectivity index (χ0v) is 10.9. The Kier molecular flexibility index (Phi) is 3.87. The molecule has 1 aliphatic carbocycles. The molecule has 1 aromatic rings. The van der Waals surface area contributed by atoms with Gasteiger partial charge in [-0.05, 0) is 44.4 Å². The van der Waals surface area contributed by atoms with E-state index in [-0.39, 0.29) is 6.03 Å². The average Bonchev–Trinajstić information content (AvgIpc) is 3.15. The van der Waals surface area contributed by atoms with Gasteiger partial charge in [-0.15, -0.1) is 0 Å². The molecule has 4 nitrogen and oxygen atoms in total. The third-order valence-corrected chi connectivity index (χ3v) is 3.23. The van der Waals surface area contributed by atoms with Gasteiger partial charge in [-0.3, -0.25) is 0 Å². The highest BCUT2D eigenvalue weighted by molar-refractivity contribution is 5.89. The van der Waals surface area contributed by atoms with Crippen molar-refractivity contribution < 1.29 is 9.90 Å². The topological polar surface area (TPSA) is 52.6 Å². The van der Waals surface area contributed by atoms with Crippen molar-refractivity contribution in [3.05, 3.63) is 29.8 Å². The van der Waals surface area contributed by atoms with Crippen LogP contribution in [0.5, 0.6) is 0 Å². The molecule has 1 aromatic carbocycles. The lowest BCUT2D eigenvalue weighted by atomic mass is 10.1. The number of rotatable bonds is 4. The zero-order valence-electron chi connectivity index (χ0n) is 10.9. The van der Waals surface area contributed by atoms with Crippen LogP contribution in [0.25, 0.3) is 0 Å². The van der Waals surface area contributed by atoms with Gasteiger partial charge in [-0.1, -0.05) is 12.1 Å². The Hall–Kier alpha value is -1.55. The summed E-state index contributed by atoms with van der Waals surface area (Å²) in [5.74, 6) is 0. The number of benzene rings is 1. The Morgan fingerprint density at radius 3 is 2.50 bits per heavy atom. The largest absolute Gasteiger partial charge is 0.389 e. The Labute approximate surface area is 108 Å². The molecule has 2 N–H and O–H groups in total. The van der Waals surface area contributed by atoms with Gasteiger partial charge in [-0.25, -0.2) is 4.79 Å².